The Kier molecular flexibility index (Phi) is 4.42. The van der Waals surface area contributed by atoms with Gasteiger partial charge >= 0.3 is 0 Å². The van der Waals surface area contributed by atoms with Crippen LogP contribution in [-0.4, -0.2) is 33.3 Å². The first-order valence-corrected chi connectivity index (χ1v) is 7.49. The summed E-state index contributed by atoms with van der Waals surface area (Å²) in [5, 5.41) is 7.75. The van der Waals surface area contributed by atoms with Crippen LogP contribution in [0.5, 0.6) is 0 Å². The van der Waals surface area contributed by atoms with Gasteiger partial charge in [0, 0.05) is 12.8 Å². The minimum Gasteiger partial charge on any atom is -0.368 e. The zero-order chi connectivity index (χ0) is 14.8. The summed E-state index contributed by atoms with van der Waals surface area (Å²) in [6.07, 6.45) is 5.17. The third kappa shape index (κ3) is 2.57. The Morgan fingerprint density at radius 3 is 2.80 bits per heavy atom. The lowest BCUT2D eigenvalue weighted by molar-refractivity contribution is -0.126. The molecule has 1 aliphatic rings. The minimum atomic E-state index is -0.605. The summed E-state index contributed by atoms with van der Waals surface area (Å²) < 4.78 is 2.02. The average Bonchev–Trinajstić information content (AvgIpc) is 2.90. The molecule has 2 atom stereocenters. The molecule has 0 spiro atoms. The van der Waals surface area contributed by atoms with Crippen molar-refractivity contribution in [3.63, 3.8) is 0 Å². The first kappa shape index (κ1) is 15.0. The van der Waals surface area contributed by atoms with Crippen molar-refractivity contribution >= 4 is 5.91 Å². The highest BCUT2D eigenvalue weighted by Crippen LogP contribution is 2.35. The van der Waals surface area contributed by atoms with E-state index in [1.165, 1.54) is 0 Å². The zero-order valence-electron chi connectivity index (χ0n) is 12.6. The molecule has 0 radical (unpaired) electrons. The maximum Gasteiger partial charge on any atom is 0.237 e. The van der Waals surface area contributed by atoms with E-state index in [0.717, 1.165) is 43.8 Å². The molecule has 0 aliphatic heterocycles. The van der Waals surface area contributed by atoms with Gasteiger partial charge in [0.25, 0.3) is 0 Å². The van der Waals surface area contributed by atoms with Crippen molar-refractivity contribution in [2.45, 2.75) is 64.0 Å². The van der Waals surface area contributed by atoms with E-state index in [2.05, 4.69) is 29.2 Å². The van der Waals surface area contributed by atoms with Gasteiger partial charge in [-0.3, -0.25) is 4.79 Å². The summed E-state index contributed by atoms with van der Waals surface area (Å²) >= 11 is 0. The fourth-order valence-electron chi connectivity index (χ4n) is 3.12. The van der Waals surface area contributed by atoms with Gasteiger partial charge in [0.05, 0.1) is 11.6 Å². The molecular weight excluding hydrogens is 254 g/mol. The second-order valence-corrected chi connectivity index (χ2v) is 5.54. The van der Waals surface area contributed by atoms with Gasteiger partial charge in [0.1, 0.15) is 5.82 Å². The summed E-state index contributed by atoms with van der Waals surface area (Å²) in [7, 11) is 1.81. The Balaban J connectivity index is 2.28. The summed E-state index contributed by atoms with van der Waals surface area (Å²) in [4.78, 5) is 16.4. The Morgan fingerprint density at radius 2 is 2.25 bits per heavy atom. The number of amides is 1. The monoisotopic (exact) mass is 279 g/mol. The Hall–Kier alpha value is -1.43. The topological polar surface area (TPSA) is 85.8 Å². The van der Waals surface area contributed by atoms with Gasteiger partial charge in [-0.15, -0.1) is 0 Å². The van der Waals surface area contributed by atoms with Gasteiger partial charge in [-0.2, -0.15) is 5.10 Å². The lowest BCUT2D eigenvalue weighted by Crippen LogP contribution is -2.56. The number of hydrogen-bond acceptors (Lipinski definition) is 4. The highest BCUT2D eigenvalue weighted by atomic mass is 16.1. The molecular formula is C14H25N5O. The molecule has 2 rings (SSSR count). The van der Waals surface area contributed by atoms with Crippen molar-refractivity contribution in [3.05, 3.63) is 11.6 Å². The van der Waals surface area contributed by atoms with Crippen molar-refractivity contribution in [2.75, 3.05) is 7.05 Å². The first-order valence-electron chi connectivity index (χ1n) is 7.49. The van der Waals surface area contributed by atoms with Crippen LogP contribution in [-0.2, 0) is 17.6 Å². The van der Waals surface area contributed by atoms with Crippen molar-refractivity contribution in [3.8, 4) is 0 Å². The lowest BCUT2D eigenvalue weighted by atomic mass is 9.78. The number of likely N-dealkylation sites (N-methyl/N-ethyl adjacent to an activating group) is 1. The normalized spacial score (nSPS) is 26.6. The largest absolute Gasteiger partial charge is 0.368 e. The summed E-state index contributed by atoms with van der Waals surface area (Å²) in [6.45, 7) is 4.14. The van der Waals surface area contributed by atoms with E-state index in [-0.39, 0.29) is 11.9 Å². The van der Waals surface area contributed by atoms with E-state index in [1.807, 2.05) is 11.7 Å². The Bertz CT molecular complexity index is 484. The van der Waals surface area contributed by atoms with Gasteiger partial charge in [0.15, 0.2) is 5.82 Å². The highest BCUT2D eigenvalue weighted by molar-refractivity contribution is 5.84. The predicted octanol–water partition coefficient (Wildman–Crippen LogP) is 0.962. The van der Waals surface area contributed by atoms with Crippen LogP contribution >= 0.6 is 0 Å². The minimum absolute atomic E-state index is 0.200. The van der Waals surface area contributed by atoms with Crippen molar-refractivity contribution in [1.82, 2.24) is 20.1 Å². The van der Waals surface area contributed by atoms with Crippen LogP contribution in [0.2, 0.25) is 0 Å². The van der Waals surface area contributed by atoms with Gasteiger partial charge in [-0.1, -0.05) is 13.8 Å². The van der Waals surface area contributed by atoms with E-state index >= 15 is 0 Å². The number of nitrogens with two attached hydrogens (primary N) is 1. The summed E-state index contributed by atoms with van der Waals surface area (Å²) in [6, 6.07) is 0.200. The maximum atomic E-state index is 11.8. The third-order valence-electron chi connectivity index (χ3n) is 4.40. The Labute approximate surface area is 120 Å². The number of nitrogens with one attached hydrogen (secondary N) is 1. The van der Waals surface area contributed by atoms with Crippen LogP contribution in [0.4, 0.5) is 0 Å². The lowest BCUT2D eigenvalue weighted by Gasteiger charge is -2.38. The zero-order valence-corrected chi connectivity index (χ0v) is 12.6. The number of aryl methyl sites for hydroxylation is 2. The van der Waals surface area contributed by atoms with Crippen LogP contribution in [0, 0.1) is 0 Å². The average molecular weight is 279 g/mol. The smallest absolute Gasteiger partial charge is 0.237 e. The molecule has 112 valence electrons. The standard InChI is InChI=1S/C14H25N5O/c1-4-11-17-12(5-2)19(18-11)10-7-6-8-14(9-10,16-3)13(15)20/h10,16H,4-9H2,1-3H3,(H2,15,20). The number of carbonyl (C=O) groups is 1. The van der Waals surface area contributed by atoms with Crippen LogP contribution in [0.25, 0.3) is 0 Å². The van der Waals surface area contributed by atoms with Gasteiger partial charge in [-0.25, -0.2) is 9.67 Å². The van der Waals surface area contributed by atoms with E-state index in [9.17, 15) is 4.79 Å². The summed E-state index contributed by atoms with van der Waals surface area (Å²) in [5.74, 6) is 1.61. The molecule has 6 heteroatoms. The molecule has 1 aliphatic carbocycles. The maximum absolute atomic E-state index is 11.8. The highest BCUT2D eigenvalue weighted by Gasteiger charge is 2.41. The number of primary amides is 1. The van der Waals surface area contributed by atoms with Gasteiger partial charge in [-0.05, 0) is 32.7 Å². The number of hydrogen-bond donors (Lipinski definition) is 2. The van der Waals surface area contributed by atoms with E-state index < -0.39 is 5.54 Å². The summed E-state index contributed by atoms with van der Waals surface area (Å²) in [5.41, 5.74) is 5.00. The van der Waals surface area contributed by atoms with Crippen molar-refractivity contribution < 1.29 is 4.79 Å². The molecule has 2 unspecified atom stereocenters. The SMILES string of the molecule is CCc1nc(CC)n(C2CCCC(NC)(C(N)=O)C2)n1. The van der Waals surface area contributed by atoms with Crippen molar-refractivity contribution in [2.24, 2.45) is 5.73 Å². The molecule has 3 N–H and O–H groups in total. The number of aromatic nitrogens is 3. The number of rotatable bonds is 5. The second kappa shape index (κ2) is 5.91. The fourth-order valence-corrected chi connectivity index (χ4v) is 3.12. The molecule has 1 aromatic heterocycles. The quantitative estimate of drug-likeness (QED) is 0.840. The van der Waals surface area contributed by atoms with Crippen LogP contribution in [0.1, 0.15) is 57.2 Å². The Morgan fingerprint density at radius 1 is 1.50 bits per heavy atom. The van der Waals surface area contributed by atoms with Crippen LogP contribution in [0.15, 0.2) is 0 Å². The van der Waals surface area contributed by atoms with E-state index in [4.69, 9.17) is 5.73 Å². The molecule has 0 aromatic carbocycles. The molecule has 6 nitrogen and oxygen atoms in total. The molecule has 0 saturated heterocycles. The van der Waals surface area contributed by atoms with Gasteiger partial charge < -0.3 is 11.1 Å². The molecule has 20 heavy (non-hydrogen) atoms. The molecule has 1 fully saturated rings. The van der Waals surface area contributed by atoms with E-state index in [0.29, 0.717) is 6.42 Å². The molecule has 1 saturated carbocycles. The first-order chi connectivity index (χ1) is 9.56. The third-order valence-corrected chi connectivity index (χ3v) is 4.40. The molecule has 1 aromatic rings. The molecule has 0 bridgehead atoms. The van der Waals surface area contributed by atoms with Gasteiger partial charge in [0.2, 0.25) is 5.91 Å². The van der Waals surface area contributed by atoms with E-state index in [1.54, 1.807) is 0 Å². The second-order valence-electron chi connectivity index (χ2n) is 5.54. The molecule has 1 heterocycles. The number of nitrogens with zero attached hydrogens (tertiary/aromatic N) is 3. The van der Waals surface area contributed by atoms with Crippen LogP contribution in [0.3, 0.4) is 0 Å². The predicted molar refractivity (Wildman–Crippen MR) is 77.3 cm³/mol. The van der Waals surface area contributed by atoms with Crippen molar-refractivity contribution in [1.29, 1.82) is 0 Å². The molecule has 1 amide bonds. The number of carbonyl (C=O) groups excluding carboxylic acids is 1. The fraction of sp³-hybridized carbons (Fsp3) is 0.786. The van der Waals surface area contributed by atoms with Crippen LogP contribution < -0.4 is 11.1 Å².